The van der Waals surface area contributed by atoms with Gasteiger partial charge >= 0.3 is 0 Å². The number of hydrogen-bond acceptors (Lipinski definition) is 4. The van der Waals surface area contributed by atoms with E-state index in [9.17, 15) is 16.8 Å². The average Bonchev–Trinajstić information content (AvgIpc) is 2.13. The molecule has 0 heterocycles. The van der Waals surface area contributed by atoms with Crippen LogP contribution in [0.1, 0.15) is 11.1 Å². The van der Waals surface area contributed by atoms with Gasteiger partial charge in [-0.2, -0.15) is 0 Å². The van der Waals surface area contributed by atoms with E-state index in [1.54, 1.807) is 24.3 Å². The first kappa shape index (κ1) is 14.1. The predicted molar refractivity (Wildman–Crippen MR) is 66.7 cm³/mol. The molecule has 0 saturated heterocycles. The van der Waals surface area contributed by atoms with E-state index >= 15 is 0 Å². The lowest BCUT2D eigenvalue weighted by molar-refractivity contribution is 0.587. The summed E-state index contributed by atoms with van der Waals surface area (Å²) in [5.74, 6) is -0.00716. The molecule has 0 aliphatic heterocycles. The Labute approximate surface area is 102 Å². The zero-order valence-corrected chi connectivity index (χ0v) is 11.3. The number of rotatable bonds is 5. The molecule has 7 heteroatoms. The standard InChI is InChI=1S/C10H15NO4S2/c1-16(12,13)8-10-5-3-9(4-6-10)7-11-17(2,14)15/h3-6,11H,7-8H2,1-2H3. The minimum absolute atomic E-state index is 0.00716. The van der Waals surface area contributed by atoms with Crippen LogP contribution in [-0.4, -0.2) is 29.3 Å². The van der Waals surface area contributed by atoms with Gasteiger partial charge < -0.3 is 0 Å². The number of sulfone groups is 1. The molecule has 0 fully saturated rings. The molecule has 0 bridgehead atoms. The van der Waals surface area contributed by atoms with Crippen molar-refractivity contribution in [2.24, 2.45) is 0 Å². The number of sulfonamides is 1. The molecule has 0 amide bonds. The van der Waals surface area contributed by atoms with Crippen LogP contribution in [0.2, 0.25) is 0 Å². The van der Waals surface area contributed by atoms with Crippen LogP contribution in [0.3, 0.4) is 0 Å². The first-order valence-electron chi connectivity index (χ1n) is 4.86. The summed E-state index contributed by atoms with van der Waals surface area (Å²) in [6.07, 6.45) is 2.26. The van der Waals surface area contributed by atoms with E-state index in [1.807, 2.05) is 0 Å². The maximum absolute atomic E-state index is 11.1. The van der Waals surface area contributed by atoms with E-state index in [0.29, 0.717) is 5.56 Å². The maximum atomic E-state index is 11.1. The van der Waals surface area contributed by atoms with Gasteiger partial charge in [0.25, 0.3) is 0 Å². The number of hydrogen-bond donors (Lipinski definition) is 1. The summed E-state index contributed by atoms with van der Waals surface area (Å²) >= 11 is 0. The molecule has 5 nitrogen and oxygen atoms in total. The highest BCUT2D eigenvalue weighted by Crippen LogP contribution is 2.07. The quantitative estimate of drug-likeness (QED) is 0.838. The molecule has 0 unspecified atom stereocenters. The number of nitrogens with one attached hydrogen (secondary N) is 1. The molecule has 1 N–H and O–H groups in total. The van der Waals surface area contributed by atoms with Crippen molar-refractivity contribution in [2.45, 2.75) is 12.3 Å². The molecule has 0 atom stereocenters. The lowest BCUT2D eigenvalue weighted by atomic mass is 10.1. The second kappa shape index (κ2) is 5.16. The Bertz CT molecular complexity index is 573. The van der Waals surface area contributed by atoms with E-state index in [1.165, 1.54) is 6.26 Å². The normalized spacial score (nSPS) is 12.6. The fourth-order valence-electron chi connectivity index (χ4n) is 1.27. The molecule has 0 radical (unpaired) electrons. The monoisotopic (exact) mass is 277 g/mol. The van der Waals surface area contributed by atoms with Crippen molar-refractivity contribution in [3.05, 3.63) is 35.4 Å². The van der Waals surface area contributed by atoms with Gasteiger partial charge in [-0.15, -0.1) is 0 Å². The minimum atomic E-state index is -3.21. The van der Waals surface area contributed by atoms with E-state index in [0.717, 1.165) is 11.8 Å². The molecule has 96 valence electrons. The van der Waals surface area contributed by atoms with Crippen molar-refractivity contribution in [2.75, 3.05) is 12.5 Å². The van der Waals surface area contributed by atoms with Gasteiger partial charge in [-0.3, -0.25) is 0 Å². The van der Waals surface area contributed by atoms with Gasteiger partial charge in [-0.05, 0) is 11.1 Å². The van der Waals surface area contributed by atoms with Crippen LogP contribution in [0.15, 0.2) is 24.3 Å². The third-order valence-corrected chi connectivity index (χ3v) is 3.52. The molecule has 1 aromatic carbocycles. The third-order valence-electron chi connectivity index (χ3n) is 1.99. The lowest BCUT2D eigenvalue weighted by Gasteiger charge is -2.04. The third kappa shape index (κ3) is 6.40. The van der Waals surface area contributed by atoms with Crippen molar-refractivity contribution < 1.29 is 16.8 Å². The summed E-state index contributed by atoms with van der Waals surface area (Å²) < 4.78 is 46.2. The largest absolute Gasteiger partial charge is 0.229 e. The zero-order valence-electron chi connectivity index (χ0n) is 9.67. The van der Waals surface area contributed by atoms with E-state index in [4.69, 9.17) is 0 Å². The van der Waals surface area contributed by atoms with Crippen LogP contribution in [0.4, 0.5) is 0 Å². The zero-order chi connectivity index (χ0) is 13.1. The van der Waals surface area contributed by atoms with E-state index in [-0.39, 0.29) is 12.3 Å². The van der Waals surface area contributed by atoms with Crippen molar-refractivity contribution >= 4 is 19.9 Å². The first-order chi connectivity index (χ1) is 7.66. The van der Waals surface area contributed by atoms with Gasteiger partial charge in [-0.1, -0.05) is 24.3 Å². The highest BCUT2D eigenvalue weighted by atomic mass is 32.2. The van der Waals surface area contributed by atoms with Crippen molar-refractivity contribution in [3.8, 4) is 0 Å². The summed E-state index contributed by atoms with van der Waals surface area (Å²) in [5.41, 5.74) is 1.48. The topological polar surface area (TPSA) is 80.3 Å². The molecular formula is C10H15NO4S2. The lowest BCUT2D eigenvalue weighted by Crippen LogP contribution is -2.21. The van der Waals surface area contributed by atoms with E-state index in [2.05, 4.69) is 4.72 Å². The Balaban J connectivity index is 2.69. The van der Waals surface area contributed by atoms with Crippen LogP contribution in [0, 0.1) is 0 Å². The van der Waals surface area contributed by atoms with Crippen LogP contribution < -0.4 is 4.72 Å². The van der Waals surface area contributed by atoms with Gasteiger partial charge in [-0.25, -0.2) is 21.6 Å². The van der Waals surface area contributed by atoms with Crippen LogP contribution in [0.25, 0.3) is 0 Å². The van der Waals surface area contributed by atoms with Gasteiger partial charge in [0.2, 0.25) is 10.0 Å². The Morgan fingerprint density at radius 1 is 0.941 bits per heavy atom. The van der Waals surface area contributed by atoms with Crippen LogP contribution >= 0.6 is 0 Å². The van der Waals surface area contributed by atoms with Crippen molar-refractivity contribution in [3.63, 3.8) is 0 Å². The first-order valence-corrected chi connectivity index (χ1v) is 8.81. The molecule has 0 spiro atoms. The van der Waals surface area contributed by atoms with Crippen LogP contribution in [-0.2, 0) is 32.2 Å². The Morgan fingerprint density at radius 2 is 1.41 bits per heavy atom. The SMILES string of the molecule is CS(=O)(=O)Cc1ccc(CNS(C)(=O)=O)cc1. The van der Waals surface area contributed by atoms with Gasteiger partial charge in [0, 0.05) is 12.8 Å². The summed E-state index contributed by atoms with van der Waals surface area (Å²) in [6.45, 7) is 0.206. The van der Waals surface area contributed by atoms with Gasteiger partial charge in [0.15, 0.2) is 9.84 Å². The second-order valence-corrected chi connectivity index (χ2v) is 7.95. The Kier molecular flexibility index (Phi) is 4.29. The van der Waals surface area contributed by atoms with Gasteiger partial charge in [0.1, 0.15) is 0 Å². The summed E-state index contributed by atoms with van der Waals surface area (Å²) in [4.78, 5) is 0. The summed E-state index contributed by atoms with van der Waals surface area (Å²) in [6, 6.07) is 6.78. The highest BCUT2D eigenvalue weighted by molar-refractivity contribution is 7.89. The highest BCUT2D eigenvalue weighted by Gasteiger charge is 2.05. The molecule has 0 aromatic heterocycles. The smallest absolute Gasteiger partial charge is 0.209 e. The molecule has 0 aliphatic rings. The molecular weight excluding hydrogens is 262 g/mol. The molecule has 17 heavy (non-hydrogen) atoms. The fourth-order valence-corrected chi connectivity index (χ4v) is 2.50. The molecule has 1 aromatic rings. The minimum Gasteiger partial charge on any atom is -0.229 e. The molecule has 0 aliphatic carbocycles. The molecule has 1 rings (SSSR count). The summed E-state index contributed by atoms with van der Waals surface area (Å²) in [7, 11) is -6.24. The Morgan fingerprint density at radius 3 is 1.82 bits per heavy atom. The summed E-state index contributed by atoms with van der Waals surface area (Å²) in [5, 5.41) is 0. The number of benzene rings is 1. The van der Waals surface area contributed by atoms with Crippen LogP contribution in [0.5, 0.6) is 0 Å². The predicted octanol–water partition coefficient (Wildman–Crippen LogP) is 0.280. The molecule has 0 saturated carbocycles. The second-order valence-electron chi connectivity index (χ2n) is 3.98. The fraction of sp³-hybridized carbons (Fsp3) is 0.400. The van der Waals surface area contributed by atoms with Crippen molar-refractivity contribution in [1.29, 1.82) is 0 Å². The maximum Gasteiger partial charge on any atom is 0.209 e. The Hall–Kier alpha value is -0.920. The van der Waals surface area contributed by atoms with Gasteiger partial charge in [0.05, 0.1) is 12.0 Å². The average molecular weight is 277 g/mol. The van der Waals surface area contributed by atoms with E-state index < -0.39 is 19.9 Å². The van der Waals surface area contributed by atoms with Crippen molar-refractivity contribution in [1.82, 2.24) is 4.72 Å².